The van der Waals surface area contributed by atoms with Crippen molar-refractivity contribution >= 4 is 5.97 Å². The van der Waals surface area contributed by atoms with Gasteiger partial charge in [0.2, 0.25) is 0 Å². The van der Waals surface area contributed by atoms with Crippen molar-refractivity contribution in [1.82, 2.24) is 0 Å². The Morgan fingerprint density at radius 3 is 2.89 bits per heavy atom. The number of carbonyl (C=O) groups is 1. The van der Waals surface area contributed by atoms with E-state index >= 15 is 0 Å². The highest BCUT2D eigenvalue weighted by Crippen LogP contribution is 1.75. The lowest BCUT2D eigenvalue weighted by molar-refractivity contribution is -0.135. The van der Waals surface area contributed by atoms with Crippen molar-refractivity contribution in [2.24, 2.45) is 0 Å². The molecule has 2 heteroatoms. The summed E-state index contributed by atoms with van der Waals surface area (Å²) in [5, 5.41) is 0. The molecule has 0 aromatic rings. The van der Waals surface area contributed by atoms with E-state index in [1.807, 2.05) is 0 Å². The summed E-state index contributed by atoms with van der Waals surface area (Å²) in [5.41, 5.74) is 2.56. The number of hydrogen-bond acceptors (Lipinski definition) is 2. The first kappa shape index (κ1) is 7.73. The minimum Gasteiger partial charge on any atom is -0.426 e. The zero-order valence-electron chi connectivity index (χ0n) is 5.26. The highest BCUT2D eigenvalue weighted by atomic mass is 16.5. The highest BCUT2D eigenvalue weighted by molar-refractivity contribution is 5.66. The SMILES string of the molecule is C=CC=C=COC(C)=O. The van der Waals surface area contributed by atoms with Crippen LogP contribution in [0, 0.1) is 0 Å². The van der Waals surface area contributed by atoms with Crippen molar-refractivity contribution in [3.05, 3.63) is 30.7 Å². The van der Waals surface area contributed by atoms with Crippen LogP contribution in [0.4, 0.5) is 0 Å². The van der Waals surface area contributed by atoms with E-state index in [4.69, 9.17) is 0 Å². The predicted octanol–water partition coefficient (Wildman–Crippen LogP) is 1.40. The van der Waals surface area contributed by atoms with Gasteiger partial charge >= 0.3 is 5.97 Å². The molecule has 0 N–H and O–H groups in total. The molecule has 0 unspecified atom stereocenters. The van der Waals surface area contributed by atoms with Crippen molar-refractivity contribution in [2.75, 3.05) is 0 Å². The van der Waals surface area contributed by atoms with Gasteiger partial charge in [-0.25, -0.2) is 0 Å². The van der Waals surface area contributed by atoms with Crippen molar-refractivity contribution in [3.63, 3.8) is 0 Å². The van der Waals surface area contributed by atoms with Crippen molar-refractivity contribution < 1.29 is 9.53 Å². The number of esters is 1. The van der Waals surface area contributed by atoms with Gasteiger partial charge in [-0.1, -0.05) is 18.4 Å². The van der Waals surface area contributed by atoms with Gasteiger partial charge in [0.05, 0.1) is 0 Å². The molecule has 0 saturated carbocycles. The maximum absolute atomic E-state index is 10.1. The van der Waals surface area contributed by atoms with Gasteiger partial charge in [-0.2, -0.15) is 0 Å². The normalized spacial score (nSPS) is 6.78. The fourth-order valence-electron chi connectivity index (χ4n) is 0.224. The summed E-state index contributed by atoms with van der Waals surface area (Å²) in [7, 11) is 0. The third-order valence-corrected chi connectivity index (χ3v) is 0.507. The zero-order valence-corrected chi connectivity index (χ0v) is 5.26. The molecule has 0 aromatic heterocycles. The Morgan fingerprint density at radius 2 is 2.44 bits per heavy atom. The summed E-state index contributed by atoms with van der Waals surface area (Å²) >= 11 is 0. The van der Waals surface area contributed by atoms with E-state index in [0.29, 0.717) is 0 Å². The lowest BCUT2D eigenvalue weighted by Crippen LogP contribution is -1.87. The van der Waals surface area contributed by atoms with Crippen molar-refractivity contribution in [1.29, 1.82) is 0 Å². The van der Waals surface area contributed by atoms with Gasteiger partial charge in [0.15, 0.2) is 0 Å². The fourth-order valence-corrected chi connectivity index (χ4v) is 0.224. The Labute approximate surface area is 54.1 Å². The van der Waals surface area contributed by atoms with E-state index in [9.17, 15) is 4.79 Å². The third-order valence-electron chi connectivity index (χ3n) is 0.507. The third kappa shape index (κ3) is 6.73. The van der Waals surface area contributed by atoms with Crippen LogP contribution in [-0.2, 0) is 9.53 Å². The molecule has 0 amide bonds. The molecule has 2 nitrogen and oxygen atoms in total. The molecule has 0 spiro atoms. The predicted molar refractivity (Wildman–Crippen MR) is 34.6 cm³/mol. The van der Waals surface area contributed by atoms with Crippen LogP contribution in [0.25, 0.3) is 0 Å². The fraction of sp³-hybridized carbons (Fsp3) is 0.143. The van der Waals surface area contributed by atoms with Crippen LogP contribution in [0.15, 0.2) is 30.7 Å². The van der Waals surface area contributed by atoms with Crippen LogP contribution in [0.3, 0.4) is 0 Å². The molecule has 0 saturated heterocycles. The molecule has 0 radical (unpaired) electrons. The summed E-state index contributed by atoms with van der Waals surface area (Å²) in [6.45, 7) is 4.72. The summed E-state index contributed by atoms with van der Waals surface area (Å²) < 4.78 is 4.39. The van der Waals surface area contributed by atoms with Crippen LogP contribution < -0.4 is 0 Å². The molecule has 0 aliphatic carbocycles. The topological polar surface area (TPSA) is 26.3 Å². The Balaban J connectivity index is 3.59. The molecule has 0 atom stereocenters. The number of hydrogen-bond donors (Lipinski definition) is 0. The van der Waals surface area contributed by atoms with E-state index in [1.165, 1.54) is 13.2 Å². The molecular formula is C7H8O2. The standard InChI is InChI=1S/C7H8O2/c1-3-4-5-6-9-7(2)8/h3-4,6H,1H2,2H3. The molecular weight excluding hydrogens is 116 g/mol. The molecule has 0 fully saturated rings. The highest BCUT2D eigenvalue weighted by Gasteiger charge is 1.80. The van der Waals surface area contributed by atoms with Crippen LogP contribution in [0.2, 0.25) is 0 Å². The number of rotatable bonds is 2. The van der Waals surface area contributed by atoms with E-state index < -0.39 is 0 Å². The van der Waals surface area contributed by atoms with Crippen LogP contribution in [0.5, 0.6) is 0 Å². The molecule has 0 rings (SSSR count). The minimum absolute atomic E-state index is 0.347. The summed E-state index contributed by atoms with van der Waals surface area (Å²) in [5.74, 6) is -0.347. The Hall–Kier alpha value is -1.27. The second kappa shape index (κ2) is 4.88. The average Bonchev–Trinajstić information content (AvgIpc) is 1.80. The number of ether oxygens (including phenoxy) is 1. The maximum Gasteiger partial charge on any atom is 0.308 e. The summed E-state index contributed by atoms with van der Waals surface area (Å²) in [6, 6.07) is 0. The van der Waals surface area contributed by atoms with Gasteiger partial charge in [0.1, 0.15) is 6.26 Å². The largest absolute Gasteiger partial charge is 0.426 e. The van der Waals surface area contributed by atoms with E-state index in [2.05, 4.69) is 17.0 Å². The van der Waals surface area contributed by atoms with Gasteiger partial charge in [0, 0.05) is 6.92 Å². The average molecular weight is 124 g/mol. The van der Waals surface area contributed by atoms with E-state index in [1.54, 1.807) is 12.2 Å². The maximum atomic E-state index is 10.1. The zero-order chi connectivity index (χ0) is 7.11. The Bertz CT molecular complexity index is 162. The molecule has 48 valence electrons. The van der Waals surface area contributed by atoms with Gasteiger partial charge in [-0.15, -0.1) is 0 Å². The smallest absolute Gasteiger partial charge is 0.308 e. The molecule has 0 aliphatic rings. The first-order valence-electron chi connectivity index (χ1n) is 2.46. The van der Waals surface area contributed by atoms with Gasteiger partial charge < -0.3 is 4.74 Å². The van der Waals surface area contributed by atoms with Crippen LogP contribution in [-0.4, -0.2) is 5.97 Å². The molecule has 9 heavy (non-hydrogen) atoms. The van der Waals surface area contributed by atoms with Crippen LogP contribution in [0.1, 0.15) is 6.92 Å². The molecule has 0 bridgehead atoms. The monoisotopic (exact) mass is 124 g/mol. The molecule has 0 aromatic carbocycles. The summed E-state index contributed by atoms with van der Waals surface area (Å²) in [4.78, 5) is 10.1. The number of allylic oxidation sites excluding steroid dienone is 2. The lowest BCUT2D eigenvalue weighted by Gasteiger charge is -1.83. The molecule has 0 heterocycles. The number of carbonyl (C=O) groups excluding carboxylic acids is 1. The minimum atomic E-state index is -0.347. The van der Waals surface area contributed by atoms with Gasteiger partial charge in [0.25, 0.3) is 0 Å². The van der Waals surface area contributed by atoms with Crippen molar-refractivity contribution in [2.45, 2.75) is 6.92 Å². The second-order valence-electron chi connectivity index (χ2n) is 1.30. The summed E-state index contributed by atoms with van der Waals surface area (Å²) in [6.07, 6.45) is 4.27. The lowest BCUT2D eigenvalue weighted by atomic mass is 10.6. The second-order valence-corrected chi connectivity index (χ2v) is 1.30. The Morgan fingerprint density at radius 1 is 1.78 bits per heavy atom. The van der Waals surface area contributed by atoms with Gasteiger partial charge in [-0.3, -0.25) is 4.79 Å². The Kier molecular flexibility index (Phi) is 4.19. The first-order chi connectivity index (χ1) is 4.27. The van der Waals surface area contributed by atoms with Crippen molar-refractivity contribution in [3.8, 4) is 0 Å². The quantitative estimate of drug-likeness (QED) is 0.241. The van der Waals surface area contributed by atoms with E-state index in [0.717, 1.165) is 0 Å². The molecule has 0 aliphatic heterocycles. The van der Waals surface area contributed by atoms with Gasteiger partial charge in [-0.05, 0) is 6.08 Å². The van der Waals surface area contributed by atoms with Crippen LogP contribution >= 0.6 is 0 Å². The van der Waals surface area contributed by atoms with E-state index in [-0.39, 0.29) is 5.97 Å². The first-order valence-corrected chi connectivity index (χ1v) is 2.46.